The molecule has 2 aromatic rings. The second kappa shape index (κ2) is 4.56. The van der Waals surface area contributed by atoms with Gasteiger partial charge in [-0.15, -0.1) is 11.3 Å². The predicted molar refractivity (Wildman–Crippen MR) is 78.5 cm³/mol. The SMILES string of the molecule is CS(=O)(=O)c1c(C(=O)O)sc2cc3c(cc12)CCCC3. The molecule has 0 aliphatic heterocycles. The molecule has 1 aromatic heterocycles. The highest BCUT2D eigenvalue weighted by molar-refractivity contribution is 7.91. The molecule has 3 rings (SSSR count). The van der Waals surface area contributed by atoms with E-state index in [0.29, 0.717) is 5.39 Å². The van der Waals surface area contributed by atoms with E-state index in [-0.39, 0.29) is 9.77 Å². The molecular weight excluding hydrogens is 296 g/mol. The Labute approximate surface area is 121 Å². The molecule has 0 radical (unpaired) electrons. The van der Waals surface area contributed by atoms with E-state index in [9.17, 15) is 18.3 Å². The normalized spacial score (nSPS) is 15.2. The fourth-order valence-corrected chi connectivity index (χ4v) is 5.43. The van der Waals surface area contributed by atoms with Crippen LogP contribution >= 0.6 is 11.3 Å². The second-order valence-electron chi connectivity index (χ2n) is 5.16. The number of hydrogen-bond acceptors (Lipinski definition) is 4. The van der Waals surface area contributed by atoms with E-state index < -0.39 is 15.8 Å². The number of hydrogen-bond donors (Lipinski definition) is 1. The van der Waals surface area contributed by atoms with Crippen molar-refractivity contribution in [3.63, 3.8) is 0 Å². The zero-order chi connectivity index (χ0) is 14.5. The van der Waals surface area contributed by atoms with Crippen molar-refractivity contribution in [3.8, 4) is 0 Å². The molecule has 0 spiro atoms. The Hall–Kier alpha value is -1.40. The quantitative estimate of drug-likeness (QED) is 0.926. The number of thiophene rings is 1. The van der Waals surface area contributed by atoms with Gasteiger partial charge in [0.1, 0.15) is 4.88 Å². The van der Waals surface area contributed by atoms with E-state index in [1.54, 1.807) is 0 Å². The monoisotopic (exact) mass is 310 g/mol. The molecule has 20 heavy (non-hydrogen) atoms. The summed E-state index contributed by atoms with van der Waals surface area (Å²) in [5.74, 6) is -1.18. The first-order valence-electron chi connectivity index (χ1n) is 6.39. The van der Waals surface area contributed by atoms with E-state index in [4.69, 9.17) is 0 Å². The fourth-order valence-electron chi connectivity index (χ4n) is 2.81. The van der Waals surface area contributed by atoms with Crippen molar-refractivity contribution in [2.75, 3.05) is 6.26 Å². The summed E-state index contributed by atoms with van der Waals surface area (Å²) in [5.41, 5.74) is 2.38. The number of rotatable bonds is 2. The lowest BCUT2D eigenvalue weighted by molar-refractivity contribution is 0.0698. The van der Waals surface area contributed by atoms with Crippen LogP contribution in [0.2, 0.25) is 0 Å². The van der Waals surface area contributed by atoms with E-state index in [2.05, 4.69) is 0 Å². The number of carbonyl (C=O) groups is 1. The van der Waals surface area contributed by atoms with Gasteiger partial charge in [-0.3, -0.25) is 0 Å². The molecule has 0 amide bonds. The summed E-state index contributed by atoms with van der Waals surface area (Å²) in [6.07, 6.45) is 5.23. The van der Waals surface area contributed by atoms with Gasteiger partial charge in [-0.05, 0) is 48.9 Å². The maximum Gasteiger partial charge on any atom is 0.347 e. The van der Waals surface area contributed by atoms with Gasteiger partial charge in [0.05, 0.1) is 4.90 Å². The Morgan fingerprint density at radius 1 is 1.20 bits per heavy atom. The average Bonchev–Trinajstić information content (AvgIpc) is 2.74. The lowest BCUT2D eigenvalue weighted by Crippen LogP contribution is -2.05. The Morgan fingerprint density at radius 3 is 2.35 bits per heavy atom. The van der Waals surface area contributed by atoms with Gasteiger partial charge in [0, 0.05) is 16.3 Å². The number of sulfone groups is 1. The minimum absolute atomic E-state index is 0.0293. The van der Waals surface area contributed by atoms with Gasteiger partial charge in [-0.2, -0.15) is 0 Å². The van der Waals surface area contributed by atoms with Crippen molar-refractivity contribution in [1.29, 1.82) is 0 Å². The molecule has 6 heteroatoms. The second-order valence-corrected chi connectivity index (χ2v) is 8.17. The lowest BCUT2D eigenvalue weighted by Gasteiger charge is -2.15. The van der Waals surface area contributed by atoms with Crippen LogP contribution in [0.15, 0.2) is 17.0 Å². The maximum atomic E-state index is 11.9. The Morgan fingerprint density at radius 2 is 1.80 bits per heavy atom. The molecule has 0 unspecified atom stereocenters. The third-order valence-electron chi connectivity index (χ3n) is 3.67. The molecule has 1 aliphatic rings. The van der Waals surface area contributed by atoms with Gasteiger partial charge >= 0.3 is 5.97 Å². The van der Waals surface area contributed by atoms with Crippen molar-refractivity contribution in [2.24, 2.45) is 0 Å². The summed E-state index contributed by atoms with van der Waals surface area (Å²) in [4.78, 5) is 11.2. The van der Waals surface area contributed by atoms with Crippen molar-refractivity contribution >= 4 is 37.2 Å². The van der Waals surface area contributed by atoms with Crippen molar-refractivity contribution in [1.82, 2.24) is 0 Å². The molecule has 0 saturated carbocycles. The van der Waals surface area contributed by atoms with E-state index >= 15 is 0 Å². The first-order valence-corrected chi connectivity index (χ1v) is 9.10. The molecule has 1 aliphatic carbocycles. The van der Waals surface area contributed by atoms with Crippen LogP contribution in [0.4, 0.5) is 0 Å². The summed E-state index contributed by atoms with van der Waals surface area (Å²) in [5, 5.41) is 9.81. The maximum absolute atomic E-state index is 11.9. The summed E-state index contributed by atoms with van der Waals surface area (Å²) in [6, 6.07) is 3.85. The standard InChI is InChI=1S/C14H14O4S2/c1-20(17,18)13-10-6-8-4-2-3-5-9(8)7-11(10)19-12(13)14(15)16/h6-7H,2-5H2,1H3,(H,15,16). The van der Waals surface area contributed by atoms with Crippen LogP contribution < -0.4 is 0 Å². The van der Waals surface area contributed by atoms with Crippen LogP contribution in [0.1, 0.15) is 33.6 Å². The van der Waals surface area contributed by atoms with Crippen LogP contribution in [0.25, 0.3) is 10.1 Å². The summed E-state index contributed by atoms with van der Waals surface area (Å²) < 4.78 is 24.6. The van der Waals surface area contributed by atoms with Crippen molar-refractivity contribution < 1.29 is 18.3 Å². The van der Waals surface area contributed by atoms with Gasteiger partial charge in [0.15, 0.2) is 9.84 Å². The molecule has 106 valence electrons. The molecule has 0 bridgehead atoms. The van der Waals surface area contributed by atoms with Gasteiger partial charge in [0.2, 0.25) is 0 Å². The predicted octanol–water partition coefficient (Wildman–Crippen LogP) is 2.88. The number of carboxylic acid groups (broad SMARTS) is 1. The van der Waals surface area contributed by atoms with Gasteiger partial charge < -0.3 is 5.11 Å². The molecule has 0 atom stereocenters. The van der Waals surface area contributed by atoms with Gasteiger partial charge in [-0.25, -0.2) is 13.2 Å². The zero-order valence-electron chi connectivity index (χ0n) is 11.0. The lowest BCUT2D eigenvalue weighted by atomic mass is 9.91. The molecule has 0 saturated heterocycles. The highest BCUT2D eigenvalue weighted by atomic mass is 32.2. The van der Waals surface area contributed by atoms with Crippen molar-refractivity contribution in [2.45, 2.75) is 30.6 Å². The first-order chi connectivity index (χ1) is 9.38. The molecule has 1 heterocycles. The summed E-state index contributed by atoms with van der Waals surface area (Å²) in [7, 11) is -3.56. The van der Waals surface area contributed by atoms with Crippen LogP contribution in [-0.4, -0.2) is 25.7 Å². The third kappa shape index (κ3) is 2.13. The molecular formula is C14H14O4S2. The topological polar surface area (TPSA) is 71.4 Å². The number of aromatic carboxylic acids is 1. The van der Waals surface area contributed by atoms with E-state index in [1.165, 1.54) is 5.56 Å². The number of fused-ring (bicyclic) bond motifs is 2. The smallest absolute Gasteiger partial charge is 0.347 e. The van der Waals surface area contributed by atoms with Gasteiger partial charge in [-0.1, -0.05) is 0 Å². The van der Waals surface area contributed by atoms with Gasteiger partial charge in [0.25, 0.3) is 0 Å². The molecule has 4 nitrogen and oxygen atoms in total. The molecule has 0 fully saturated rings. The molecule has 1 N–H and O–H groups in total. The van der Waals surface area contributed by atoms with E-state index in [1.807, 2.05) is 12.1 Å². The van der Waals surface area contributed by atoms with Crippen LogP contribution in [0.5, 0.6) is 0 Å². The highest BCUT2D eigenvalue weighted by Crippen LogP contribution is 2.38. The minimum atomic E-state index is -3.56. The third-order valence-corrected chi connectivity index (χ3v) is 6.11. The van der Waals surface area contributed by atoms with Crippen LogP contribution in [0, 0.1) is 0 Å². The zero-order valence-corrected chi connectivity index (χ0v) is 12.6. The van der Waals surface area contributed by atoms with Crippen molar-refractivity contribution in [3.05, 3.63) is 28.1 Å². The number of aryl methyl sites for hydroxylation is 2. The molecule has 1 aromatic carbocycles. The summed E-state index contributed by atoms with van der Waals surface area (Å²) in [6.45, 7) is 0. The minimum Gasteiger partial charge on any atom is -0.477 e. The van der Waals surface area contributed by atoms with Crippen LogP contribution in [0.3, 0.4) is 0 Å². The first kappa shape index (κ1) is 13.6. The largest absolute Gasteiger partial charge is 0.477 e. The van der Waals surface area contributed by atoms with Crippen LogP contribution in [-0.2, 0) is 22.7 Å². The Bertz CT molecular complexity index is 815. The number of benzene rings is 1. The van der Waals surface area contributed by atoms with E-state index in [0.717, 1.165) is 53.5 Å². The number of carboxylic acids is 1. The summed E-state index contributed by atoms with van der Waals surface area (Å²) >= 11 is 1.05. The fraction of sp³-hybridized carbons (Fsp3) is 0.357. The highest BCUT2D eigenvalue weighted by Gasteiger charge is 2.26. The average molecular weight is 310 g/mol. The Balaban J connectivity index is 2.39. The Kier molecular flexibility index (Phi) is 3.10.